The number of halogens is 2. The van der Waals surface area contributed by atoms with Gasteiger partial charge in [-0.15, -0.1) is 5.10 Å². The van der Waals surface area contributed by atoms with Crippen LogP contribution < -0.4 is 16.2 Å². The molecule has 29 heavy (non-hydrogen) atoms. The number of rotatable bonds is 5. The van der Waals surface area contributed by atoms with Crippen LogP contribution in [0.3, 0.4) is 0 Å². The van der Waals surface area contributed by atoms with Gasteiger partial charge in [0.25, 0.3) is 0 Å². The Morgan fingerprint density at radius 1 is 1.14 bits per heavy atom. The van der Waals surface area contributed by atoms with Gasteiger partial charge >= 0.3 is 11.8 Å². The van der Waals surface area contributed by atoms with Gasteiger partial charge in [0.05, 0.1) is 16.9 Å². The topological polar surface area (TPSA) is 140 Å². The Balaban J connectivity index is 1.45. The molecule has 0 spiro atoms. The quantitative estimate of drug-likeness (QED) is 0.408. The molecule has 1 saturated carbocycles. The van der Waals surface area contributed by atoms with E-state index >= 15 is 0 Å². The van der Waals surface area contributed by atoms with Crippen molar-refractivity contribution >= 4 is 46.5 Å². The minimum atomic E-state index is -0.947. The summed E-state index contributed by atoms with van der Waals surface area (Å²) in [6.45, 7) is 0. The molecule has 11 nitrogen and oxygen atoms in total. The second-order valence-corrected chi connectivity index (χ2v) is 6.96. The van der Waals surface area contributed by atoms with Gasteiger partial charge in [0, 0.05) is 11.6 Å². The number of hydrogen-bond acceptors (Lipinski definition) is 8. The van der Waals surface area contributed by atoms with Crippen molar-refractivity contribution in [1.29, 1.82) is 0 Å². The normalized spacial score (nSPS) is 13.0. The molecule has 0 saturated heterocycles. The molecule has 3 N–H and O–H groups in total. The van der Waals surface area contributed by atoms with Gasteiger partial charge in [-0.1, -0.05) is 23.2 Å². The van der Waals surface area contributed by atoms with Crippen LogP contribution in [0.5, 0.6) is 0 Å². The highest BCUT2D eigenvalue weighted by molar-refractivity contribution is 6.40. The molecule has 2 heterocycles. The van der Waals surface area contributed by atoms with Crippen LogP contribution >= 0.6 is 23.2 Å². The monoisotopic (exact) mass is 433 g/mol. The van der Waals surface area contributed by atoms with E-state index in [9.17, 15) is 9.59 Å². The van der Waals surface area contributed by atoms with Gasteiger partial charge in [-0.05, 0) is 41.5 Å². The summed E-state index contributed by atoms with van der Waals surface area (Å²) in [7, 11) is 0. The number of aromatic nitrogens is 6. The third-order valence-electron chi connectivity index (χ3n) is 4.04. The zero-order chi connectivity index (χ0) is 20.4. The van der Waals surface area contributed by atoms with E-state index in [0.29, 0.717) is 28.1 Å². The Hall–Kier alpha value is -3.31. The summed E-state index contributed by atoms with van der Waals surface area (Å²) in [4.78, 5) is 31.8. The first-order valence-electron chi connectivity index (χ1n) is 8.44. The van der Waals surface area contributed by atoms with Crippen molar-refractivity contribution in [1.82, 2.24) is 35.6 Å². The van der Waals surface area contributed by atoms with E-state index in [1.807, 2.05) is 0 Å². The van der Waals surface area contributed by atoms with E-state index in [1.54, 1.807) is 18.2 Å². The fourth-order valence-electron chi connectivity index (χ4n) is 2.48. The molecular weight excluding hydrogens is 421 g/mol. The zero-order valence-electron chi connectivity index (χ0n) is 14.6. The molecule has 1 aliphatic carbocycles. The van der Waals surface area contributed by atoms with Gasteiger partial charge in [0.15, 0.2) is 11.6 Å². The standard InChI is InChI=1S/C16H13Cl2N9O2/c17-10-4-3-9(5-12(10)27-14(8-1-2-8)23-25-26-27)21-15(28)16(29)24-22-13-11(18)6-19-7-20-13/h3-8H,1-2H2,(H,21,28)(H,24,29)(H,19,20,22). The van der Waals surface area contributed by atoms with Crippen LogP contribution in [-0.2, 0) is 9.59 Å². The Morgan fingerprint density at radius 3 is 2.72 bits per heavy atom. The molecule has 13 heteroatoms. The fraction of sp³-hybridized carbons (Fsp3) is 0.188. The molecule has 0 radical (unpaired) electrons. The SMILES string of the molecule is O=C(NNc1ncncc1Cl)C(=O)Nc1ccc(Cl)c(-n2nnnc2C2CC2)c1. The maximum atomic E-state index is 12.2. The number of nitrogens with one attached hydrogen (secondary N) is 3. The van der Waals surface area contributed by atoms with E-state index in [-0.39, 0.29) is 10.8 Å². The van der Waals surface area contributed by atoms with Crippen LogP contribution in [0.1, 0.15) is 24.6 Å². The Morgan fingerprint density at radius 2 is 1.97 bits per heavy atom. The Labute approximate surface area is 173 Å². The van der Waals surface area contributed by atoms with Crippen molar-refractivity contribution in [3.63, 3.8) is 0 Å². The molecule has 4 rings (SSSR count). The van der Waals surface area contributed by atoms with E-state index in [0.717, 1.165) is 12.8 Å². The molecule has 0 aliphatic heterocycles. The highest BCUT2D eigenvalue weighted by atomic mass is 35.5. The van der Waals surface area contributed by atoms with Gasteiger partial charge in [-0.25, -0.2) is 9.97 Å². The second-order valence-electron chi connectivity index (χ2n) is 6.14. The number of carbonyl (C=O) groups excluding carboxylic acids is 2. The fourth-order valence-corrected chi connectivity index (χ4v) is 2.83. The van der Waals surface area contributed by atoms with Crippen molar-refractivity contribution in [2.75, 3.05) is 10.7 Å². The summed E-state index contributed by atoms with van der Waals surface area (Å²) in [6.07, 6.45) is 4.60. The number of amides is 2. The van der Waals surface area contributed by atoms with E-state index in [1.165, 1.54) is 17.2 Å². The summed E-state index contributed by atoms with van der Waals surface area (Å²) in [5.41, 5.74) is 5.51. The molecule has 148 valence electrons. The van der Waals surface area contributed by atoms with Crippen molar-refractivity contribution < 1.29 is 9.59 Å². The van der Waals surface area contributed by atoms with Crippen LogP contribution in [0.25, 0.3) is 5.69 Å². The van der Waals surface area contributed by atoms with Crippen molar-refractivity contribution in [3.8, 4) is 5.69 Å². The molecule has 1 aromatic carbocycles. The van der Waals surface area contributed by atoms with Gasteiger partial charge in [-0.2, -0.15) is 4.68 Å². The highest BCUT2D eigenvalue weighted by Crippen LogP contribution is 2.39. The predicted molar refractivity (Wildman–Crippen MR) is 104 cm³/mol. The average molecular weight is 434 g/mol. The number of nitrogens with zero attached hydrogens (tertiary/aromatic N) is 6. The van der Waals surface area contributed by atoms with Crippen LogP contribution in [0.4, 0.5) is 11.5 Å². The summed E-state index contributed by atoms with van der Waals surface area (Å²) in [5.74, 6) is -0.695. The molecule has 0 atom stereocenters. The first-order valence-corrected chi connectivity index (χ1v) is 9.19. The van der Waals surface area contributed by atoms with E-state index in [2.05, 4.69) is 41.7 Å². The summed E-state index contributed by atoms with van der Waals surface area (Å²) in [6, 6.07) is 4.74. The summed E-state index contributed by atoms with van der Waals surface area (Å²) < 4.78 is 1.54. The smallest absolute Gasteiger partial charge is 0.318 e. The van der Waals surface area contributed by atoms with Gasteiger partial charge < -0.3 is 5.32 Å². The van der Waals surface area contributed by atoms with Crippen molar-refractivity contribution in [2.24, 2.45) is 0 Å². The van der Waals surface area contributed by atoms with Gasteiger partial charge in [0.2, 0.25) is 0 Å². The molecule has 2 aromatic heterocycles. The van der Waals surface area contributed by atoms with Crippen molar-refractivity contribution in [2.45, 2.75) is 18.8 Å². The van der Waals surface area contributed by atoms with Gasteiger partial charge in [0.1, 0.15) is 11.3 Å². The maximum absolute atomic E-state index is 12.2. The Bertz CT molecular complexity index is 1080. The molecule has 3 aromatic rings. The summed E-state index contributed by atoms with van der Waals surface area (Å²) >= 11 is 12.1. The lowest BCUT2D eigenvalue weighted by Crippen LogP contribution is -2.39. The lowest BCUT2D eigenvalue weighted by atomic mass is 10.2. The number of hydrazine groups is 1. The predicted octanol–water partition coefficient (Wildman–Crippen LogP) is 1.72. The van der Waals surface area contributed by atoms with E-state index in [4.69, 9.17) is 23.2 Å². The molecule has 0 unspecified atom stereocenters. The number of tetrazole rings is 1. The van der Waals surface area contributed by atoms with Crippen LogP contribution in [0.15, 0.2) is 30.7 Å². The van der Waals surface area contributed by atoms with Gasteiger partial charge in [-0.3, -0.25) is 20.4 Å². The zero-order valence-corrected chi connectivity index (χ0v) is 16.1. The minimum Gasteiger partial charge on any atom is -0.318 e. The number of carbonyl (C=O) groups is 2. The minimum absolute atomic E-state index is 0.155. The molecule has 2 amide bonds. The number of benzene rings is 1. The first kappa shape index (κ1) is 19.0. The van der Waals surface area contributed by atoms with Crippen LogP contribution in [-0.4, -0.2) is 42.0 Å². The Kier molecular flexibility index (Phi) is 5.23. The largest absolute Gasteiger partial charge is 0.327 e. The number of hydrogen-bond donors (Lipinski definition) is 3. The third-order valence-corrected chi connectivity index (χ3v) is 4.63. The molecular formula is C16H13Cl2N9O2. The van der Waals surface area contributed by atoms with Crippen LogP contribution in [0.2, 0.25) is 10.0 Å². The maximum Gasteiger partial charge on any atom is 0.327 e. The molecule has 0 bridgehead atoms. The van der Waals surface area contributed by atoms with Crippen LogP contribution in [0, 0.1) is 0 Å². The highest BCUT2D eigenvalue weighted by Gasteiger charge is 2.30. The summed E-state index contributed by atoms with van der Waals surface area (Å²) in [5, 5.41) is 14.8. The molecule has 1 fully saturated rings. The van der Waals surface area contributed by atoms with E-state index < -0.39 is 11.8 Å². The lowest BCUT2D eigenvalue weighted by Gasteiger charge is -2.11. The first-order chi connectivity index (χ1) is 14.0. The average Bonchev–Trinajstić information content (AvgIpc) is 3.45. The van der Waals surface area contributed by atoms with Crippen molar-refractivity contribution in [3.05, 3.63) is 46.6 Å². The number of anilines is 2. The second kappa shape index (κ2) is 7.97. The molecule has 1 aliphatic rings. The lowest BCUT2D eigenvalue weighted by molar-refractivity contribution is -0.135. The third kappa shape index (κ3) is 4.25.